The van der Waals surface area contributed by atoms with Crippen molar-refractivity contribution in [2.45, 2.75) is 18.4 Å². The number of fused-ring (bicyclic) bond motifs is 1. The van der Waals surface area contributed by atoms with Gasteiger partial charge in [0.05, 0.1) is 17.6 Å². The van der Waals surface area contributed by atoms with Crippen molar-refractivity contribution in [1.82, 2.24) is 14.5 Å². The van der Waals surface area contributed by atoms with Gasteiger partial charge in [0, 0.05) is 23.5 Å². The molecule has 7 rings (SSSR count). The molecule has 6 aromatic rings. The summed E-state index contributed by atoms with van der Waals surface area (Å²) in [5, 5.41) is 9.24. The number of aromatic nitrogens is 3. The molecule has 0 saturated carbocycles. The van der Waals surface area contributed by atoms with Crippen LogP contribution in [-0.4, -0.2) is 20.3 Å². The standard InChI is InChI=1S/C39H28N4O/c40-24-28-22-30-20-21-31(38(44)37(30)41-25-28)23-29-12-10-11-19-35(29)36-26-43(27-42-36)39(32-13-4-1-5-14-32,33-15-6-2-7-16-33)34-17-8-3-9-18-34/h1-19,22-23,25-27H,20-21H2/b31-23+. The normalized spacial score (nSPS) is 13.8. The first-order chi connectivity index (χ1) is 21.7. The molecule has 0 atom stereocenters. The van der Waals surface area contributed by atoms with Crippen molar-refractivity contribution >= 4 is 11.9 Å². The number of carbonyl (C=O) groups is 1. The molecule has 0 spiro atoms. The molecule has 0 fully saturated rings. The minimum atomic E-state index is -0.667. The van der Waals surface area contributed by atoms with Gasteiger partial charge in [-0.15, -0.1) is 0 Å². The molecule has 0 saturated heterocycles. The summed E-state index contributed by atoms with van der Waals surface area (Å²) < 4.78 is 2.20. The maximum atomic E-state index is 13.4. The molecule has 2 heterocycles. The highest BCUT2D eigenvalue weighted by atomic mass is 16.1. The summed E-state index contributed by atoms with van der Waals surface area (Å²) in [6.45, 7) is 0. The number of aryl methyl sites for hydroxylation is 1. The summed E-state index contributed by atoms with van der Waals surface area (Å²) in [5.41, 5.74) is 7.80. The zero-order valence-electron chi connectivity index (χ0n) is 24.0. The van der Waals surface area contributed by atoms with Crippen molar-refractivity contribution < 1.29 is 4.79 Å². The molecule has 4 aromatic carbocycles. The van der Waals surface area contributed by atoms with Gasteiger partial charge in [0.1, 0.15) is 17.3 Å². The van der Waals surface area contributed by atoms with Crippen molar-refractivity contribution in [2.24, 2.45) is 0 Å². The van der Waals surface area contributed by atoms with E-state index in [2.05, 4.69) is 94.6 Å². The average molecular weight is 569 g/mol. The van der Waals surface area contributed by atoms with Gasteiger partial charge in [-0.2, -0.15) is 5.26 Å². The molecule has 0 amide bonds. The quantitative estimate of drug-likeness (QED) is 0.151. The molecule has 0 N–H and O–H groups in total. The monoisotopic (exact) mass is 568 g/mol. The predicted octanol–water partition coefficient (Wildman–Crippen LogP) is 7.87. The van der Waals surface area contributed by atoms with Gasteiger partial charge >= 0.3 is 0 Å². The average Bonchev–Trinajstić information content (AvgIpc) is 3.58. The Labute approximate surface area is 256 Å². The zero-order valence-corrected chi connectivity index (χ0v) is 24.0. The SMILES string of the molecule is N#Cc1cnc2c(c1)CC/C(=C\c1ccccc1-c1cn(C(c3ccccc3)(c3ccccc3)c3ccccc3)cn1)C2=O. The van der Waals surface area contributed by atoms with Crippen LogP contribution in [0.3, 0.4) is 0 Å². The molecule has 1 aliphatic carbocycles. The van der Waals surface area contributed by atoms with Gasteiger partial charge in [0.15, 0.2) is 0 Å². The number of pyridine rings is 1. The highest BCUT2D eigenvalue weighted by Crippen LogP contribution is 2.41. The number of allylic oxidation sites excluding steroid dienone is 1. The molecule has 5 nitrogen and oxygen atoms in total. The summed E-state index contributed by atoms with van der Waals surface area (Å²) in [5.74, 6) is -0.0904. The second-order valence-electron chi connectivity index (χ2n) is 10.9. The molecule has 0 radical (unpaired) electrons. The minimum absolute atomic E-state index is 0.0904. The Hall–Kier alpha value is -5.86. The molecule has 210 valence electrons. The molecule has 44 heavy (non-hydrogen) atoms. The Kier molecular flexibility index (Phi) is 7.02. The van der Waals surface area contributed by atoms with Gasteiger partial charge in [-0.3, -0.25) is 9.78 Å². The second-order valence-corrected chi connectivity index (χ2v) is 10.9. The van der Waals surface area contributed by atoms with E-state index in [0.29, 0.717) is 29.7 Å². The maximum absolute atomic E-state index is 13.4. The first-order valence-electron chi connectivity index (χ1n) is 14.6. The number of hydrogen-bond acceptors (Lipinski definition) is 4. The van der Waals surface area contributed by atoms with E-state index >= 15 is 0 Å². The molecule has 0 bridgehead atoms. The highest BCUT2D eigenvalue weighted by Gasteiger charge is 2.38. The molecule has 1 aliphatic rings. The lowest BCUT2D eigenvalue weighted by molar-refractivity contribution is 0.102. The fourth-order valence-corrected chi connectivity index (χ4v) is 6.31. The van der Waals surface area contributed by atoms with Crippen LogP contribution < -0.4 is 0 Å². The fourth-order valence-electron chi connectivity index (χ4n) is 6.31. The van der Waals surface area contributed by atoms with E-state index in [1.165, 1.54) is 6.20 Å². The Morgan fingerprint density at radius 3 is 1.95 bits per heavy atom. The van der Waals surface area contributed by atoms with Crippen LogP contribution >= 0.6 is 0 Å². The number of benzene rings is 4. The predicted molar refractivity (Wildman–Crippen MR) is 172 cm³/mol. The van der Waals surface area contributed by atoms with Gasteiger partial charge in [0.25, 0.3) is 0 Å². The summed E-state index contributed by atoms with van der Waals surface area (Å²) in [7, 11) is 0. The van der Waals surface area contributed by atoms with Crippen molar-refractivity contribution in [2.75, 3.05) is 0 Å². The van der Waals surface area contributed by atoms with Gasteiger partial charge in [-0.1, -0.05) is 115 Å². The van der Waals surface area contributed by atoms with Crippen LogP contribution in [0.1, 0.15) is 50.3 Å². The molecular formula is C39H28N4O. The van der Waals surface area contributed by atoms with Crippen LogP contribution in [0, 0.1) is 11.3 Å². The second kappa shape index (κ2) is 11.4. The van der Waals surface area contributed by atoms with Crippen LogP contribution in [0.5, 0.6) is 0 Å². The lowest BCUT2D eigenvalue weighted by Gasteiger charge is -2.37. The van der Waals surface area contributed by atoms with E-state index in [9.17, 15) is 10.1 Å². The van der Waals surface area contributed by atoms with Gasteiger partial charge in [0.2, 0.25) is 5.78 Å². The first-order valence-corrected chi connectivity index (χ1v) is 14.6. The third kappa shape index (κ3) is 4.63. The summed E-state index contributed by atoms with van der Waals surface area (Å²) >= 11 is 0. The van der Waals surface area contributed by atoms with E-state index in [4.69, 9.17) is 4.98 Å². The molecule has 0 unspecified atom stereocenters. The maximum Gasteiger partial charge on any atom is 0.207 e. The lowest BCUT2D eigenvalue weighted by Crippen LogP contribution is -2.36. The lowest BCUT2D eigenvalue weighted by atomic mass is 9.77. The number of carbonyl (C=O) groups excluding carboxylic acids is 1. The van der Waals surface area contributed by atoms with Crippen molar-refractivity contribution in [3.8, 4) is 17.3 Å². The summed E-state index contributed by atoms with van der Waals surface area (Å²) in [6, 6.07) is 43.5. The van der Waals surface area contributed by atoms with Crippen LogP contribution in [0.15, 0.2) is 146 Å². The van der Waals surface area contributed by atoms with E-state index < -0.39 is 5.54 Å². The number of nitrogens with zero attached hydrogens (tertiary/aromatic N) is 4. The Bertz CT molecular complexity index is 1940. The summed E-state index contributed by atoms with van der Waals surface area (Å²) in [4.78, 5) is 22.7. The topological polar surface area (TPSA) is 71.6 Å². The highest BCUT2D eigenvalue weighted by molar-refractivity contribution is 6.12. The van der Waals surface area contributed by atoms with E-state index in [0.717, 1.165) is 39.1 Å². The van der Waals surface area contributed by atoms with E-state index in [1.807, 2.05) is 54.9 Å². The number of Topliss-reactive ketones (excluding diaryl/α,β-unsaturated/α-hetero) is 1. The number of rotatable bonds is 6. The summed E-state index contributed by atoms with van der Waals surface area (Å²) in [6.07, 6.45) is 8.71. The number of ketones is 1. The molecule has 2 aromatic heterocycles. The van der Waals surface area contributed by atoms with Crippen LogP contribution in [0.4, 0.5) is 0 Å². The van der Waals surface area contributed by atoms with Gasteiger partial charge < -0.3 is 4.57 Å². The fraction of sp³-hybridized carbons (Fsp3) is 0.0769. The van der Waals surface area contributed by atoms with Crippen LogP contribution in [0.2, 0.25) is 0 Å². The third-order valence-electron chi connectivity index (χ3n) is 8.38. The molecule has 0 aliphatic heterocycles. The Morgan fingerprint density at radius 1 is 0.750 bits per heavy atom. The Morgan fingerprint density at radius 2 is 1.34 bits per heavy atom. The number of nitriles is 1. The zero-order chi connectivity index (χ0) is 29.9. The van der Waals surface area contributed by atoms with Crippen LogP contribution in [-0.2, 0) is 12.0 Å². The molecular weight excluding hydrogens is 540 g/mol. The van der Waals surface area contributed by atoms with Gasteiger partial charge in [-0.05, 0) is 52.8 Å². The smallest absolute Gasteiger partial charge is 0.207 e. The number of hydrogen-bond donors (Lipinski definition) is 0. The van der Waals surface area contributed by atoms with E-state index in [1.54, 1.807) is 6.07 Å². The molecule has 5 heteroatoms. The number of imidazole rings is 1. The van der Waals surface area contributed by atoms with Crippen molar-refractivity contribution in [3.63, 3.8) is 0 Å². The van der Waals surface area contributed by atoms with Crippen molar-refractivity contribution in [1.29, 1.82) is 5.26 Å². The van der Waals surface area contributed by atoms with Crippen LogP contribution in [0.25, 0.3) is 17.3 Å². The van der Waals surface area contributed by atoms with Gasteiger partial charge in [-0.25, -0.2) is 4.98 Å². The first kappa shape index (κ1) is 27.0. The largest absolute Gasteiger partial charge is 0.318 e. The third-order valence-corrected chi connectivity index (χ3v) is 8.38. The van der Waals surface area contributed by atoms with E-state index in [-0.39, 0.29) is 5.78 Å². The Balaban J connectivity index is 1.36. The minimum Gasteiger partial charge on any atom is -0.318 e. The van der Waals surface area contributed by atoms with Crippen molar-refractivity contribution in [3.05, 3.63) is 185 Å².